The smallest absolute Gasteiger partial charge is 0.316 e. The Morgan fingerprint density at radius 2 is 1.29 bits per heavy atom. The van der Waals surface area contributed by atoms with E-state index in [-0.39, 0.29) is 17.4 Å². The molecule has 0 bridgehead atoms. The van der Waals surface area contributed by atoms with Gasteiger partial charge < -0.3 is 14.2 Å². The van der Waals surface area contributed by atoms with Crippen LogP contribution >= 0.6 is 0 Å². The van der Waals surface area contributed by atoms with Crippen LogP contribution in [0.5, 0.6) is 17.2 Å². The number of rotatable bonds is 6. The fourth-order valence-corrected chi connectivity index (χ4v) is 2.89. The monoisotopic (exact) mass is 466 g/mol. The normalized spacial score (nSPS) is 12.5. The van der Waals surface area contributed by atoms with Crippen molar-refractivity contribution in [1.82, 2.24) is 0 Å². The third-order valence-electron chi connectivity index (χ3n) is 4.52. The molecule has 0 aliphatic rings. The zero-order valence-corrected chi connectivity index (χ0v) is 22.2. The Morgan fingerprint density at radius 3 is 1.79 bits per heavy atom. The van der Waals surface area contributed by atoms with Gasteiger partial charge in [0.25, 0.3) is 0 Å². The van der Waals surface area contributed by atoms with Gasteiger partial charge in [0.2, 0.25) is 0 Å². The van der Waals surface area contributed by atoms with Crippen LogP contribution in [-0.4, -0.2) is 23.0 Å². The van der Waals surface area contributed by atoms with Crippen molar-refractivity contribution in [3.05, 3.63) is 59.2 Å². The van der Waals surface area contributed by atoms with Crippen molar-refractivity contribution in [2.75, 3.05) is 0 Å². The van der Waals surface area contributed by atoms with Gasteiger partial charge in [-0.25, -0.2) is 0 Å². The van der Waals surface area contributed by atoms with Crippen molar-refractivity contribution in [2.45, 2.75) is 80.4 Å². The molecular weight excluding hydrogens is 428 g/mol. The van der Waals surface area contributed by atoms with Gasteiger partial charge in [-0.3, -0.25) is 9.59 Å². The van der Waals surface area contributed by atoms with Crippen LogP contribution in [-0.2, 0) is 4.79 Å². The third kappa shape index (κ3) is 8.36. The molecule has 0 saturated heterocycles. The summed E-state index contributed by atoms with van der Waals surface area (Å²) in [6.45, 7) is 19.3. The Hall–Kier alpha value is -3.08. The predicted octanol–water partition coefficient (Wildman–Crippen LogP) is 7.20. The molecule has 5 nitrogen and oxygen atoms in total. The molecule has 0 N–H and O–H groups in total. The maximum Gasteiger partial charge on any atom is 0.316 e. The molecule has 2 rings (SSSR count). The lowest BCUT2D eigenvalue weighted by atomic mass is 9.97. The summed E-state index contributed by atoms with van der Waals surface area (Å²) in [4.78, 5) is 24.8. The Morgan fingerprint density at radius 1 is 0.765 bits per heavy atom. The Balaban J connectivity index is 2.28. The van der Waals surface area contributed by atoms with Crippen LogP contribution in [0.15, 0.2) is 42.5 Å². The molecule has 0 aromatic heterocycles. The second kappa shape index (κ2) is 10.0. The molecule has 5 heteroatoms. The number of aryl methyl sites for hydroxylation is 1. The Kier molecular flexibility index (Phi) is 8.02. The van der Waals surface area contributed by atoms with Gasteiger partial charge in [-0.15, -0.1) is 0 Å². The van der Waals surface area contributed by atoms with Gasteiger partial charge in [-0.05, 0) is 117 Å². The number of carbonyl (C=O) groups excluding carboxylic acids is 2. The largest absolute Gasteiger partial charge is 0.488 e. The van der Waals surface area contributed by atoms with Crippen molar-refractivity contribution in [2.24, 2.45) is 5.41 Å². The third-order valence-corrected chi connectivity index (χ3v) is 4.52. The molecule has 0 saturated carbocycles. The van der Waals surface area contributed by atoms with E-state index in [1.807, 2.05) is 60.6 Å². The van der Waals surface area contributed by atoms with E-state index >= 15 is 0 Å². The second-order valence-corrected chi connectivity index (χ2v) is 11.4. The first-order chi connectivity index (χ1) is 15.4. The summed E-state index contributed by atoms with van der Waals surface area (Å²) in [6, 6.07) is 10.4. The second-order valence-electron chi connectivity index (χ2n) is 11.4. The van der Waals surface area contributed by atoms with Gasteiger partial charge in [0.15, 0.2) is 5.78 Å². The molecule has 184 valence electrons. The van der Waals surface area contributed by atoms with E-state index in [9.17, 15) is 9.59 Å². The highest BCUT2D eigenvalue weighted by atomic mass is 16.5. The molecule has 0 aliphatic carbocycles. The maximum absolute atomic E-state index is 12.8. The fraction of sp³-hybridized carbons (Fsp3) is 0.448. The van der Waals surface area contributed by atoms with Crippen LogP contribution in [0.1, 0.15) is 83.8 Å². The van der Waals surface area contributed by atoms with Crippen LogP contribution in [0, 0.1) is 12.3 Å². The number of benzene rings is 2. The molecule has 2 aromatic rings. The van der Waals surface area contributed by atoms with E-state index in [1.165, 1.54) is 6.08 Å². The van der Waals surface area contributed by atoms with Crippen molar-refractivity contribution < 1.29 is 23.8 Å². The standard InChI is InChI=1S/C29H38O5/c1-19-17-21(25(34-29(8,9)10)18-24(19)33-28(5,6)7)13-16-23(30)20-11-14-22(15-12-20)32-26(31)27(2,3)4/h11-18H,1-10H3. The number of hydrogen-bond donors (Lipinski definition) is 0. The Labute approximate surface area is 204 Å². The van der Waals surface area contributed by atoms with E-state index in [0.29, 0.717) is 17.1 Å². The summed E-state index contributed by atoms with van der Waals surface area (Å²) in [7, 11) is 0. The highest BCUT2D eigenvalue weighted by Crippen LogP contribution is 2.34. The van der Waals surface area contributed by atoms with E-state index in [4.69, 9.17) is 14.2 Å². The molecule has 0 fully saturated rings. The average molecular weight is 467 g/mol. The van der Waals surface area contributed by atoms with Crippen molar-refractivity contribution >= 4 is 17.8 Å². The molecule has 0 atom stereocenters. The van der Waals surface area contributed by atoms with E-state index in [1.54, 1.807) is 51.1 Å². The lowest BCUT2D eigenvalue weighted by molar-refractivity contribution is -0.143. The van der Waals surface area contributed by atoms with Crippen LogP contribution in [0.4, 0.5) is 0 Å². The minimum Gasteiger partial charge on any atom is -0.488 e. The fourth-order valence-electron chi connectivity index (χ4n) is 2.89. The van der Waals surface area contributed by atoms with Crippen molar-refractivity contribution in [1.29, 1.82) is 0 Å². The van der Waals surface area contributed by atoms with Gasteiger partial charge in [-0.1, -0.05) is 0 Å². The first-order valence-corrected chi connectivity index (χ1v) is 11.5. The summed E-state index contributed by atoms with van der Waals surface area (Å²) < 4.78 is 17.6. The highest BCUT2D eigenvalue weighted by molar-refractivity contribution is 6.07. The molecule has 0 unspecified atom stereocenters. The van der Waals surface area contributed by atoms with Crippen LogP contribution in [0.2, 0.25) is 0 Å². The Bertz CT molecular complexity index is 1060. The molecular formula is C29H38O5. The average Bonchev–Trinajstić information content (AvgIpc) is 2.66. The van der Waals surface area contributed by atoms with Gasteiger partial charge in [0.05, 0.1) is 5.41 Å². The minimum atomic E-state index is -0.602. The lowest BCUT2D eigenvalue weighted by Gasteiger charge is -2.26. The summed E-state index contributed by atoms with van der Waals surface area (Å²) in [5.74, 6) is 1.31. The highest BCUT2D eigenvalue weighted by Gasteiger charge is 2.24. The first kappa shape index (κ1) is 27.2. The number of esters is 1. The summed E-state index contributed by atoms with van der Waals surface area (Å²) in [6.07, 6.45) is 3.27. The number of hydrogen-bond acceptors (Lipinski definition) is 5. The summed E-state index contributed by atoms with van der Waals surface area (Å²) in [5, 5.41) is 0. The van der Waals surface area contributed by atoms with E-state index in [2.05, 4.69) is 0 Å². The molecule has 0 spiro atoms. The van der Waals surface area contributed by atoms with E-state index < -0.39 is 11.0 Å². The first-order valence-electron chi connectivity index (χ1n) is 11.5. The van der Waals surface area contributed by atoms with Crippen LogP contribution in [0.25, 0.3) is 6.08 Å². The van der Waals surface area contributed by atoms with Crippen LogP contribution in [0.3, 0.4) is 0 Å². The predicted molar refractivity (Wildman–Crippen MR) is 137 cm³/mol. The van der Waals surface area contributed by atoms with Crippen molar-refractivity contribution in [3.8, 4) is 17.2 Å². The number of ether oxygens (including phenoxy) is 3. The molecule has 0 amide bonds. The molecule has 34 heavy (non-hydrogen) atoms. The molecule has 0 heterocycles. The number of allylic oxidation sites excluding steroid dienone is 1. The zero-order chi connectivity index (χ0) is 25.9. The molecule has 0 radical (unpaired) electrons. The molecule has 0 aliphatic heterocycles. The summed E-state index contributed by atoms with van der Waals surface area (Å²) in [5.41, 5.74) is 0.877. The number of carbonyl (C=O) groups is 2. The van der Waals surface area contributed by atoms with Crippen LogP contribution < -0.4 is 14.2 Å². The molecule has 2 aromatic carbocycles. The topological polar surface area (TPSA) is 61.8 Å². The van der Waals surface area contributed by atoms with Gasteiger partial charge in [0, 0.05) is 17.2 Å². The number of ketones is 1. The quantitative estimate of drug-likeness (QED) is 0.195. The SMILES string of the molecule is Cc1cc(C=CC(=O)c2ccc(OC(=O)C(C)(C)C)cc2)c(OC(C)(C)C)cc1OC(C)(C)C. The maximum atomic E-state index is 12.8. The lowest BCUT2D eigenvalue weighted by Crippen LogP contribution is -2.25. The van der Waals surface area contributed by atoms with E-state index in [0.717, 1.165) is 16.9 Å². The zero-order valence-electron chi connectivity index (χ0n) is 22.2. The van der Waals surface area contributed by atoms with Crippen molar-refractivity contribution in [3.63, 3.8) is 0 Å². The summed E-state index contributed by atoms with van der Waals surface area (Å²) >= 11 is 0. The van der Waals surface area contributed by atoms with Gasteiger partial charge in [-0.2, -0.15) is 0 Å². The van der Waals surface area contributed by atoms with Gasteiger partial charge >= 0.3 is 5.97 Å². The minimum absolute atomic E-state index is 0.164. The van der Waals surface area contributed by atoms with Gasteiger partial charge in [0.1, 0.15) is 28.5 Å².